The van der Waals surface area contributed by atoms with Gasteiger partial charge in [0.25, 0.3) is 17.7 Å². The summed E-state index contributed by atoms with van der Waals surface area (Å²) in [5, 5.41) is 2.50. The number of aryl methyl sites for hydroxylation is 1. The number of hydrogen-bond donors (Lipinski definition) is 1. The molecule has 0 spiro atoms. The summed E-state index contributed by atoms with van der Waals surface area (Å²) in [6.45, 7) is 4.48. The number of furan rings is 1. The zero-order chi connectivity index (χ0) is 24.6. The Bertz CT molecular complexity index is 1320. The highest BCUT2D eigenvalue weighted by Gasteiger charge is 2.36. The normalized spacial score (nSPS) is 12.5. The Kier molecular flexibility index (Phi) is 5.85. The van der Waals surface area contributed by atoms with Gasteiger partial charge in [-0.2, -0.15) is 0 Å². The molecule has 0 radical (unpaired) electrons. The minimum absolute atomic E-state index is 0.0368. The highest BCUT2D eigenvalue weighted by atomic mass is 16.5. The quantitative estimate of drug-likeness (QED) is 0.335. The predicted molar refractivity (Wildman–Crippen MR) is 121 cm³/mol. The maximum atomic E-state index is 12.8. The van der Waals surface area contributed by atoms with Gasteiger partial charge in [-0.15, -0.1) is 0 Å². The molecule has 1 N–H and O–H groups in total. The highest BCUT2D eigenvalue weighted by molar-refractivity contribution is 6.34. The summed E-state index contributed by atoms with van der Waals surface area (Å²) in [7, 11) is 0. The summed E-state index contributed by atoms with van der Waals surface area (Å²) in [5.74, 6) is -2.74. The number of benzene rings is 2. The first-order valence-corrected chi connectivity index (χ1v) is 10.4. The highest BCUT2D eigenvalue weighted by Crippen LogP contribution is 2.30. The molecule has 1 aromatic heterocycles. The van der Waals surface area contributed by atoms with Crippen molar-refractivity contribution in [1.29, 1.82) is 0 Å². The maximum absolute atomic E-state index is 12.8. The molecule has 2 heterocycles. The van der Waals surface area contributed by atoms with E-state index in [2.05, 4.69) is 5.32 Å². The van der Waals surface area contributed by atoms with Gasteiger partial charge in [-0.25, -0.2) is 9.69 Å². The molecule has 34 heavy (non-hydrogen) atoms. The predicted octanol–water partition coefficient (Wildman–Crippen LogP) is 4.02. The molecule has 0 unspecified atom stereocenters. The molecule has 0 aliphatic carbocycles. The molecular weight excluding hydrogens is 440 g/mol. The van der Waals surface area contributed by atoms with Crippen LogP contribution in [0, 0.1) is 6.92 Å². The van der Waals surface area contributed by atoms with Gasteiger partial charge in [0, 0.05) is 5.56 Å². The van der Waals surface area contributed by atoms with Gasteiger partial charge in [0.05, 0.1) is 29.0 Å². The monoisotopic (exact) mass is 460 g/mol. The molecule has 3 aromatic rings. The van der Waals surface area contributed by atoms with E-state index in [0.29, 0.717) is 16.8 Å². The van der Waals surface area contributed by atoms with Crippen LogP contribution in [0.3, 0.4) is 0 Å². The number of ether oxygens (including phenoxy) is 1. The smallest absolute Gasteiger partial charge is 0.344 e. The van der Waals surface area contributed by atoms with Crippen molar-refractivity contribution in [3.8, 4) is 0 Å². The fraction of sp³-hybridized carbons (Fsp3) is 0.160. The van der Waals surface area contributed by atoms with Crippen molar-refractivity contribution in [3.05, 3.63) is 82.1 Å². The van der Waals surface area contributed by atoms with Crippen LogP contribution in [0.4, 0.5) is 11.6 Å². The van der Waals surface area contributed by atoms with Gasteiger partial charge in [-0.05, 0) is 57.2 Å². The Balaban J connectivity index is 1.59. The maximum Gasteiger partial charge on any atom is 0.344 e. The molecule has 0 atom stereocenters. The number of nitrogens with one attached hydrogen (secondary N) is 1. The number of fused-ring (bicyclic) bond motifs is 1. The molecule has 9 nitrogen and oxygen atoms in total. The van der Waals surface area contributed by atoms with Crippen LogP contribution in [0.2, 0.25) is 0 Å². The van der Waals surface area contributed by atoms with Crippen LogP contribution in [0.5, 0.6) is 0 Å². The van der Waals surface area contributed by atoms with Gasteiger partial charge < -0.3 is 9.15 Å². The molecule has 172 valence electrons. The van der Waals surface area contributed by atoms with E-state index < -0.39 is 29.5 Å². The Morgan fingerprint density at radius 1 is 0.941 bits per heavy atom. The van der Waals surface area contributed by atoms with Crippen LogP contribution in [-0.4, -0.2) is 36.1 Å². The molecule has 0 fully saturated rings. The number of anilines is 2. The number of carbonyl (C=O) groups is 5. The van der Waals surface area contributed by atoms with E-state index in [1.807, 2.05) is 0 Å². The third-order valence-electron chi connectivity index (χ3n) is 5.32. The summed E-state index contributed by atoms with van der Waals surface area (Å²) in [4.78, 5) is 63.6. The number of nitrogens with zero attached hydrogens (tertiary/aromatic N) is 1. The van der Waals surface area contributed by atoms with E-state index in [4.69, 9.17) is 9.15 Å². The fourth-order valence-corrected chi connectivity index (χ4v) is 3.82. The van der Waals surface area contributed by atoms with E-state index in [1.165, 1.54) is 38.1 Å². The van der Waals surface area contributed by atoms with Crippen LogP contribution in [0.1, 0.15) is 71.4 Å². The van der Waals surface area contributed by atoms with Crippen LogP contribution in [0.25, 0.3) is 0 Å². The summed E-state index contributed by atoms with van der Waals surface area (Å²) < 4.78 is 10.5. The number of amides is 3. The standard InChI is InChI=1S/C25H20N2O7/c1-4-33-25(32)20-19(13(2)28)14(3)34-22(20)26-21(29)15-9-11-16(12-10-15)27-23(30)17-7-5-6-8-18(17)24(27)31/h5-12H,4H2,1-3H3,(H,26,29). The van der Waals surface area contributed by atoms with E-state index in [0.717, 1.165) is 4.90 Å². The molecule has 3 amide bonds. The Labute approximate surface area is 194 Å². The minimum Gasteiger partial charge on any atom is -0.462 e. The topological polar surface area (TPSA) is 123 Å². The third kappa shape index (κ3) is 3.77. The number of carbonyl (C=O) groups excluding carboxylic acids is 5. The molecular formula is C25H20N2O7. The number of esters is 1. The Morgan fingerprint density at radius 3 is 2.06 bits per heavy atom. The lowest BCUT2D eigenvalue weighted by Crippen LogP contribution is -2.29. The van der Waals surface area contributed by atoms with Gasteiger partial charge in [0.15, 0.2) is 5.78 Å². The lowest BCUT2D eigenvalue weighted by atomic mass is 10.1. The summed E-state index contributed by atoms with van der Waals surface area (Å²) in [5.41, 5.74) is 0.999. The summed E-state index contributed by atoms with van der Waals surface area (Å²) in [6.07, 6.45) is 0. The lowest BCUT2D eigenvalue weighted by molar-refractivity contribution is 0.0524. The van der Waals surface area contributed by atoms with Gasteiger partial charge in [-0.3, -0.25) is 24.5 Å². The van der Waals surface area contributed by atoms with Crippen molar-refractivity contribution >= 4 is 41.0 Å². The SMILES string of the molecule is CCOC(=O)c1c(NC(=O)c2ccc(N3C(=O)c4ccccc4C3=O)cc2)oc(C)c1C(C)=O. The largest absolute Gasteiger partial charge is 0.462 e. The molecule has 4 rings (SSSR count). The third-order valence-corrected chi connectivity index (χ3v) is 5.32. The van der Waals surface area contributed by atoms with E-state index in [-0.39, 0.29) is 34.9 Å². The van der Waals surface area contributed by atoms with Gasteiger partial charge in [-0.1, -0.05) is 12.1 Å². The molecule has 1 aliphatic heterocycles. The zero-order valence-electron chi connectivity index (χ0n) is 18.6. The van der Waals surface area contributed by atoms with Crippen LogP contribution < -0.4 is 10.2 Å². The zero-order valence-corrected chi connectivity index (χ0v) is 18.6. The van der Waals surface area contributed by atoms with Crippen molar-refractivity contribution in [3.63, 3.8) is 0 Å². The molecule has 0 bridgehead atoms. The number of Topliss-reactive ketones (excluding diaryl/α,β-unsaturated/α-hetero) is 1. The minimum atomic E-state index is -0.791. The van der Waals surface area contributed by atoms with Crippen LogP contribution in [-0.2, 0) is 4.74 Å². The number of hydrogen-bond acceptors (Lipinski definition) is 7. The number of rotatable bonds is 6. The average molecular weight is 460 g/mol. The first-order chi connectivity index (χ1) is 16.2. The van der Waals surface area contributed by atoms with Crippen molar-refractivity contribution in [2.45, 2.75) is 20.8 Å². The van der Waals surface area contributed by atoms with Crippen molar-refractivity contribution in [2.75, 3.05) is 16.8 Å². The number of imide groups is 1. The second-order valence-electron chi connectivity index (χ2n) is 7.51. The fourth-order valence-electron chi connectivity index (χ4n) is 3.82. The molecule has 9 heteroatoms. The van der Waals surface area contributed by atoms with E-state index in [1.54, 1.807) is 31.2 Å². The summed E-state index contributed by atoms with van der Waals surface area (Å²) >= 11 is 0. The Morgan fingerprint density at radius 2 is 1.53 bits per heavy atom. The average Bonchev–Trinajstić information content (AvgIpc) is 3.27. The second kappa shape index (κ2) is 8.78. The van der Waals surface area contributed by atoms with Gasteiger partial charge >= 0.3 is 5.97 Å². The molecule has 0 saturated heterocycles. The second-order valence-corrected chi connectivity index (χ2v) is 7.51. The summed E-state index contributed by atoms with van der Waals surface area (Å²) in [6, 6.07) is 12.3. The Hall–Kier alpha value is -4.53. The lowest BCUT2D eigenvalue weighted by Gasteiger charge is -2.14. The molecule has 0 saturated carbocycles. The van der Waals surface area contributed by atoms with Crippen LogP contribution >= 0.6 is 0 Å². The molecule has 1 aliphatic rings. The first-order valence-electron chi connectivity index (χ1n) is 10.4. The van der Waals surface area contributed by atoms with Gasteiger partial charge in [0.1, 0.15) is 11.3 Å². The van der Waals surface area contributed by atoms with Gasteiger partial charge in [0.2, 0.25) is 5.88 Å². The van der Waals surface area contributed by atoms with E-state index >= 15 is 0 Å². The number of ketones is 1. The van der Waals surface area contributed by atoms with E-state index in [9.17, 15) is 24.0 Å². The van der Waals surface area contributed by atoms with Crippen molar-refractivity contribution in [2.24, 2.45) is 0 Å². The molecule has 2 aromatic carbocycles. The van der Waals surface area contributed by atoms with Crippen molar-refractivity contribution < 1.29 is 33.1 Å². The van der Waals surface area contributed by atoms with Crippen molar-refractivity contribution in [1.82, 2.24) is 0 Å². The van der Waals surface area contributed by atoms with Crippen LogP contribution in [0.15, 0.2) is 52.9 Å². The first kappa shape index (κ1) is 22.7.